The largest absolute Gasteiger partial charge is 0.392 e. The van der Waals surface area contributed by atoms with E-state index in [0.29, 0.717) is 12.3 Å². The van der Waals surface area contributed by atoms with Crippen LogP contribution < -0.4 is 0 Å². The van der Waals surface area contributed by atoms with Crippen molar-refractivity contribution in [2.75, 3.05) is 0 Å². The van der Waals surface area contributed by atoms with Crippen molar-refractivity contribution in [1.82, 2.24) is 4.98 Å². The normalized spacial score (nSPS) is 20.4. The van der Waals surface area contributed by atoms with Gasteiger partial charge in [0.25, 0.3) is 0 Å². The molecule has 94 valence electrons. The first-order valence-corrected chi connectivity index (χ1v) is 7.36. The molecule has 2 aromatic rings. The lowest BCUT2D eigenvalue weighted by molar-refractivity contribution is 0.135. The molecule has 0 saturated carbocycles. The van der Waals surface area contributed by atoms with Crippen LogP contribution in [0.4, 0.5) is 0 Å². The summed E-state index contributed by atoms with van der Waals surface area (Å²) in [5.74, 6) is 0.306. The van der Waals surface area contributed by atoms with E-state index in [0.717, 1.165) is 12.0 Å². The van der Waals surface area contributed by atoms with Gasteiger partial charge in [0.1, 0.15) is 0 Å². The summed E-state index contributed by atoms with van der Waals surface area (Å²) in [6.07, 6.45) is 7.51. The summed E-state index contributed by atoms with van der Waals surface area (Å²) in [6, 6.07) is 6.16. The Kier molecular flexibility index (Phi) is 3.43. The highest BCUT2D eigenvalue weighted by atomic mass is 32.1. The van der Waals surface area contributed by atoms with Crippen LogP contribution in [0.15, 0.2) is 36.0 Å². The Morgan fingerprint density at radius 2 is 2.39 bits per heavy atom. The smallest absolute Gasteiger partial charge is 0.0649 e. The van der Waals surface area contributed by atoms with Crippen LogP contribution in [0.25, 0.3) is 0 Å². The lowest BCUT2D eigenvalue weighted by Gasteiger charge is -2.27. The molecule has 0 amide bonds. The van der Waals surface area contributed by atoms with Crippen LogP contribution in [0.5, 0.6) is 0 Å². The first-order valence-electron chi connectivity index (χ1n) is 6.48. The summed E-state index contributed by atoms with van der Waals surface area (Å²) in [6.45, 7) is 0. The van der Waals surface area contributed by atoms with Crippen LogP contribution in [0, 0.1) is 0 Å². The molecule has 1 aliphatic carbocycles. The minimum absolute atomic E-state index is 0.289. The maximum Gasteiger partial charge on any atom is 0.0649 e. The van der Waals surface area contributed by atoms with E-state index in [-0.39, 0.29) is 6.10 Å². The van der Waals surface area contributed by atoms with Crippen molar-refractivity contribution in [3.05, 3.63) is 52.0 Å². The first kappa shape index (κ1) is 11.9. The highest BCUT2D eigenvalue weighted by molar-refractivity contribution is 7.10. The fourth-order valence-electron chi connectivity index (χ4n) is 2.82. The number of aromatic nitrogens is 1. The van der Waals surface area contributed by atoms with Crippen LogP contribution in [-0.4, -0.2) is 16.2 Å². The number of nitrogens with zero attached hydrogens (tertiary/aromatic N) is 1. The molecule has 1 N–H and O–H groups in total. The van der Waals surface area contributed by atoms with Gasteiger partial charge in [-0.15, -0.1) is 11.3 Å². The third-order valence-electron chi connectivity index (χ3n) is 3.73. The molecule has 0 spiro atoms. The number of thiophene rings is 1. The van der Waals surface area contributed by atoms with Crippen LogP contribution >= 0.6 is 11.3 Å². The highest BCUT2D eigenvalue weighted by Gasteiger charge is 2.27. The predicted molar refractivity (Wildman–Crippen MR) is 73.9 cm³/mol. The summed E-state index contributed by atoms with van der Waals surface area (Å²) in [5.41, 5.74) is 2.50. The van der Waals surface area contributed by atoms with Crippen molar-refractivity contribution in [3.8, 4) is 0 Å². The molecule has 0 fully saturated rings. The summed E-state index contributed by atoms with van der Waals surface area (Å²) >= 11 is 1.83. The van der Waals surface area contributed by atoms with Gasteiger partial charge in [0, 0.05) is 29.6 Å². The average molecular weight is 259 g/mol. The highest BCUT2D eigenvalue weighted by Crippen LogP contribution is 2.37. The van der Waals surface area contributed by atoms with Gasteiger partial charge in [-0.1, -0.05) is 6.07 Å². The zero-order valence-corrected chi connectivity index (χ0v) is 11.1. The fraction of sp³-hybridized carbons (Fsp3) is 0.400. The van der Waals surface area contributed by atoms with Gasteiger partial charge in [-0.05, 0) is 47.9 Å². The second kappa shape index (κ2) is 5.21. The SMILES string of the molecule is OC(Cc1cccnc1)C1CCCc2sccc21. The Hall–Kier alpha value is -1.19. The van der Waals surface area contributed by atoms with E-state index < -0.39 is 0 Å². The molecule has 0 bridgehead atoms. The molecule has 2 atom stereocenters. The molecule has 2 unspecified atom stereocenters. The molecule has 0 aromatic carbocycles. The van der Waals surface area contributed by atoms with E-state index in [1.54, 1.807) is 6.20 Å². The number of aliphatic hydroxyl groups is 1. The number of aryl methyl sites for hydroxylation is 1. The third-order valence-corrected chi connectivity index (χ3v) is 4.73. The van der Waals surface area contributed by atoms with Gasteiger partial charge < -0.3 is 5.11 Å². The Morgan fingerprint density at radius 1 is 1.44 bits per heavy atom. The quantitative estimate of drug-likeness (QED) is 0.918. The van der Waals surface area contributed by atoms with Crippen molar-refractivity contribution in [2.45, 2.75) is 37.7 Å². The van der Waals surface area contributed by atoms with E-state index in [1.165, 1.54) is 23.3 Å². The Labute approximate surface area is 111 Å². The molecule has 0 aliphatic heterocycles. The van der Waals surface area contributed by atoms with Gasteiger partial charge in [0.15, 0.2) is 0 Å². The molecular formula is C15H17NOS. The molecule has 3 heteroatoms. The van der Waals surface area contributed by atoms with Gasteiger partial charge in [-0.2, -0.15) is 0 Å². The van der Waals surface area contributed by atoms with Crippen molar-refractivity contribution in [1.29, 1.82) is 0 Å². The summed E-state index contributed by atoms with van der Waals surface area (Å²) in [5, 5.41) is 12.6. The van der Waals surface area contributed by atoms with Crippen LogP contribution in [0.2, 0.25) is 0 Å². The minimum atomic E-state index is -0.289. The summed E-state index contributed by atoms with van der Waals surface area (Å²) in [7, 11) is 0. The molecular weight excluding hydrogens is 242 g/mol. The summed E-state index contributed by atoms with van der Waals surface area (Å²) in [4.78, 5) is 5.58. The second-order valence-corrected chi connectivity index (χ2v) is 5.93. The zero-order chi connectivity index (χ0) is 12.4. The summed E-state index contributed by atoms with van der Waals surface area (Å²) < 4.78 is 0. The lowest BCUT2D eigenvalue weighted by Crippen LogP contribution is -2.24. The van der Waals surface area contributed by atoms with Crippen molar-refractivity contribution in [3.63, 3.8) is 0 Å². The number of pyridine rings is 1. The maximum atomic E-state index is 10.5. The topological polar surface area (TPSA) is 33.1 Å². The van der Waals surface area contributed by atoms with Crippen molar-refractivity contribution in [2.24, 2.45) is 0 Å². The Balaban J connectivity index is 1.76. The van der Waals surface area contributed by atoms with Crippen molar-refractivity contribution >= 4 is 11.3 Å². The van der Waals surface area contributed by atoms with Gasteiger partial charge in [-0.3, -0.25) is 4.98 Å². The van der Waals surface area contributed by atoms with E-state index >= 15 is 0 Å². The van der Waals surface area contributed by atoms with Gasteiger partial charge in [-0.25, -0.2) is 0 Å². The molecule has 2 nitrogen and oxygen atoms in total. The number of aliphatic hydroxyl groups excluding tert-OH is 1. The van der Waals surface area contributed by atoms with Crippen LogP contribution in [-0.2, 0) is 12.8 Å². The van der Waals surface area contributed by atoms with E-state index in [4.69, 9.17) is 0 Å². The number of rotatable bonds is 3. The Bertz CT molecular complexity index is 508. The van der Waals surface area contributed by atoms with Crippen LogP contribution in [0.1, 0.15) is 34.8 Å². The number of hydrogen-bond donors (Lipinski definition) is 1. The maximum absolute atomic E-state index is 10.5. The third kappa shape index (κ3) is 2.33. The van der Waals surface area contributed by atoms with Crippen molar-refractivity contribution < 1.29 is 5.11 Å². The molecule has 18 heavy (non-hydrogen) atoms. The molecule has 3 rings (SSSR count). The standard InChI is InChI=1S/C15H17NOS/c17-14(9-11-3-2-7-16-10-11)12-4-1-5-15-13(12)6-8-18-15/h2-3,6-8,10,12,14,17H,1,4-5,9H2. The zero-order valence-electron chi connectivity index (χ0n) is 10.2. The molecule has 2 aromatic heterocycles. The molecule has 0 saturated heterocycles. The fourth-order valence-corrected chi connectivity index (χ4v) is 3.82. The van der Waals surface area contributed by atoms with E-state index in [2.05, 4.69) is 16.4 Å². The molecule has 0 radical (unpaired) electrons. The monoisotopic (exact) mass is 259 g/mol. The van der Waals surface area contributed by atoms with Gasteiger partial charge >= 0.3 is 0 Å². The Morgan fingerprint density at radius 3 is 3.22 bits per heavy atom. The minimum Gasteiger partial charge on any atom is -0.392 e. The predicted octanol–water partition coefficient (Wildman–Crippen LogP) is 3.17. The van der Waals surface area contributed by atoms with Gasteiger partial charge in [0.05, 0.1) is 6.10 Å². The van der Waals surface area contributed by atoms with E-state index in [9.17, 15) is 5.11 Å². The lowest BCUT2D eigenvalue weighted by atomic mass is 9.82. The molecule has 1 aliphatic rings. The second-order valence-electron chi connectivity index (χ2n) is 4.93. The average Bonchev–Trinajstić information content (AvgIpc) is 2.87. The first-order chi connectivity index (χ1) is 8.84. The number of fused-ring (bicyclic) bond motifs is 1. The molecule has 2 heterocycles. The number of hydrogen-bond acceptors (Lipinski definition) is 3. The van der Waals surface area contributed by atoms with Gasteiger partial charge in [0.2, 0.25) is 0 Å². The van der Waals surface area contributed by atoms with Crippen LogP contribution in [0.3, 0.4) is 0 Å². The van der Waals surface area contributed by atoms with E-state index in [1.807, 2.05) is 29.7 Å².